The van der Waals surface area contributed by atoms with Crippen LogP contribution in [0.25, 0.3) is 21.9 Å². The summed E-state index contributed by atoms with van der Waals surface area (Å²) in [6, 6.07) is 19.2. The van der Waals surface area contributed by atoms with Crippen LogP contribution in [0, 0.1) is 0 Å². The summed E-state index contributed by atoms with van der Waals surface area (Å²) in [4.78, 5) is 0. The van der Waals surface area contributed by atoms with E-state index in [4.69, 9.17) is 26.5 Å². The van der Waals surface area contributed by atoms with Crippen molar-refractivity contribution < 1.29 is 9.15 Å². The van der Waals surface area contributed by atoms with Crippen LogP contribution in [0.3, 0.4) is 0 Å². The van der Waals surface area contributed by atoms with E-state index in [0.29, 0.717) is 23.1 Å². The molecule has 3 nitrogen and oxygen atoms in total. The van der Waals surface area contributed by atoms with Gasteiger partial charge in [-0.25, -0.2) is 0 Å². The van der Waals surface area contributed by atoms with Gasteiger partial charge in [-0.2, -0.15) is 0 Å². The van der Waals surface area contributed by atoms with Crippen molar-refractivity contribution in [2.24, 2.45) is 0 Å². The van der Waals surface area contributed by atoms with E-state index >= 15 is 0 Å². The molecule has 0 aliphatic heterocycles. The molecule has 114 valence electrons. The molecular formula is C19H14ClNO2. The zero-order valence-electron chi connectivity index (χ0n) is 12.3. The Morgan fingerprint density at radius 2 is 1.74 bits per heavy atom. The number of anilines is 1. The van der Waals surface area contributed by atoms with Gasteiger partial charge < -0.3 is 14.9 Å². The van der Waals surface area contributed by atoms with Gasteiger partial charge in [0.05, 0.1) is 11.1 Å². The lowest BCUT2D eigenvalue weighted by atomic mass is 10.1. The van der Waals surface area contributed by atoms with Gasteiger partial charge in [0.15, 0.2) is 0 Å². The number of ether oxygens (including phenoxy) is 1. The zero-order chi connectivity index (χ0) is 15.8. The first-order valence-corrected chi connectivity index (χ1v) is 7.67. The summed E-state index contributed by atoms with van der Waals surface area (Å²) < 4.78 is 11.7. The molecule has 0 bridgehead atoms. The van der Waals surface area contributed by atoms with Crippen LogP contribution >= 0.6 is 11.6 Å². The monoisotopic (exact) mass is 323 g/mol. The number of hydrogen-bond acceptors (Lipinski definition) is 3. The van der Waals surface area contributed by atoms with Crippen LogP contribution in [0.15, 0.2) is 65.1 Å². The molecule has 0 atom stereocenters. The van der Waals surface area contributed by atoms with Crippen molar-refractivity contribution in [2.75, 3.05) is 5.73 Å². The Kier molecular flexibility index (Phi) is 3.36. The molecule has 0 saturated heterocycles. The van der Waals surface area contributed by atoms with E-state index < -0.39 is 0 Å². The van der Waals surface area contributed by atoms with Crippen LogP contribution in [0.1, 0.15) is 5.56 Å². The minimum atomic E-state index is 0.465. The van der Waals surface area contributed by atoms with Gasteiger partial charge in [-0.05, 0) is 35.9 Å². The highest BCUT2D eigenvalue weighted by Crippen LogP contribution is 2.39. The first kappa shape index (κ1) is 14.0. The molecule has 4 aromatic rings. The Bertz CT molecular complexity index is 993. The fourth-order valence-electron chi connectivity index (χ4n) is 2.71. The third-order valence-electron chi connectivity index (χ3n) is 3.84. The normalized spacial score (nSPS) is 11.2. The molecule has 0 aliphatic rings. The van der Waals surface area contributed by atoms with E-state index in [0.717, 1.165) is 27.5 Å². The number of hydrogen-bond donors (Lipinski definition) is 1. The maximum atomic E-state index is 6.32. The molecule has 23 heavy (non-hydrogen) atoms. The maximum Gasteiger partial charge on any atom is 0.143 e. The van der Waals surface area contributed by atoms with Crippen LogP contribution < -0.4 is 10.5 Å². The molecule has 3 aromatic carbocycles. The van der Waals surface area contributed by atoms with E-state index in [1.165, 1.54) is 0 Å². The van der Waals surface area contributed by atoms with Crippen molar-refractivity contribution in [1.29, 1.82) is 0 Å². The average molecular weight is 324 g/mol. The Labute approximate surface area is 138 Å². The predicted molar refractivity (Wildman–Crippen MR) is 93.9 cm³/mol. The predicted octanol–water partition coefficient (Wildman–Crippen LogP) is 5.40. The number of benzene rings is 3. The Balaban J connectivity index is 1.77. The molecule has 2 N–H and O–H groups in total. The molecule has 0 amide bonds. The van der Waals surface area contributed by atoms with Crippen molar-refractivity contribution >= 4 is 39.2 Å². The summed E-state index contributed by atoms with van der Waals surface area (Å²) >= 11 is 6.10. The number of rotatable bonds is 3. The van der Waals surface area contributed by atoms with Crippen molar-refractivity contribution in [1.82, 2.24) is 0 Å². The van der Waals surface area contributed by atoms with Crippen LogP contribution in [-0.2, 0) is 6.61 Å². The van der Waals surface area contributed by atoms with Crippen LogP contribution in [0.5, 0.6) is 5.75 Å². The third-order valence-corrected chi connectivity index (χ3v) is 4.07. The van der Waals surface area contributed by atoms with Gasteiger partial charge in [-0.15, -0.1) is 0 Å². The smallest absolute Gasteiger partial charge is 0.143 e. The average Bonchev–Trinajstić information content (AvgIpc) is 2.93. The summed E-state index contributed by atoms with van der Waals surface area (Å²) in [6.07, 6.45) is 0. The first-order chi connectivity index (χ1) is 11.2. The summed E-state index contributed by atoms with van der Waals surface area (Å²) in [7, 11) is 0. The minimum absolute atomic E-state index is 0.465. The van der Waals surface area contributed by atoms with Crippen LogP contribution in [0.2, 0.25) is 5.02 Å². The van der Waals surface area contributed by atoms with Gasteiger partial charge in [-0.1, -0.05) is 41.9 Å². The Morgan fingerprint density at radius 3 is 2.57 bits per heavy atom. The van der Waals surface area contributed by atoms with Crippen molar-refractivity contribution in [3.05, 3.63) is 71.2 Å². The van der Waals surface area contributed by atoms with Gasteiger partial charge in [0, 0.05) is 10.4 Å². The lowest BCUT2D eigenvalue weighted by molar-refractivity contribution is 0.308. The molecule has 0 aliphatic carbocycles. The number of fused-ring (bicyclic) bond motifs is 3. The van der Waals surface area contributed by atoms with Gasteiger partial charge >= 0.3 is 0 Å². The summed E-state index contributed by atoms with van der Waals surface area (Å²) in [5, 5.41) is 2.39. The van der Waals surface area contributed by atoms with Gasteiger partial charge in [0.2, 0.25) is 0 Å². The Hall–Kier alpha value is -2.65. The fraction of sp³-hybridized carbons (Fsp3) is 0.0526. The molecule has 1 heterocycles. The minimum Gasteiger partial charge on any atom is -0.487 e. The highest BCUT2D eigenvalue weighted by atomic mass is 35.5. The zero-order valence-corrected chi connectivity index (χ0v) is 13.0. The molecule has 1 aromatic heterocycles. The standard InChI is InChI=1S/C19H14ClNO2/c20-13-6-7-15-14(10-13)18-16(23-15)8-9-17(19(18)21)22-11-12-4-2-1-3-5-12/h1-10H,11,21H2. The molecule has 4 rings (SSSR count). The Morgan fingerprint density at radius 1 is 0.957 bits per heavy atom. The maximum absolute atomic E-state index is 6.32. The van der Waals surface area contributed by atoms with Gasteiger partial charge in [0.25, 0.3) is 0 Å². The summed E-state index contributed by atoms with van der Waals surface area (Å²) in [6.45, 7) is 0.465. The van der Waals surface area contributed by atoms with Crippen molar-refractivity contribution in [3.63, 3.8) is 0 Å². The van der Waals surface area contributed by atoms with Crippen LogP contribution in [-0.4, -0.2) is 0 Å². The van der Waals surface area contributed by atoms with E-state index in [1.807, 2.05) is 54.6 Å². The first-order valence-electron chi connectivity index (χ1n) is 7.29. The number of nitrogen functional groups attached to an aromatic ring is 1. The van der Waals surface area contributed by atoms with E-state index in [-0.39, 0.29) is 0 Å². The molecule has 0 fully saturated rings. The molecule has 0 radical (unpaired) electrons. The van der Waals surface area contributed by atoms with E-state index in [9.17, 15) is 0 Å². The molecule has 0 unspecified atom stereocenters. The largest absolute Gasteiger partial charge is 0.487 e. The van der Waals surface area contributed by atoms with Crippen molar-refractivity contribution in [3.8, 4) is 5.75 Å². The number of halogens is 1. The lowest BCUT2D eigenvalue weighted by Gasteiger charge is -2.09. The lowest BCUT2D eigenvalue weighted by Crippen LogP contribution is -1.98. The SMILES string of the molecule is Nc1c(OCc2ccccc2)ccc2oc3ccc(Cl)cc3c12. The molecule has 0 spiro atoms. The van der Waals surface area contributed by atoms with E-state index in [2.05, 4.69) is 0 Å². The highest BCUT2D eigenvalue weighted by molar-refractivity contribution is 6.32. The quantitative estimate of drug-likeness (QED) is 0.513. The second kappa shape index (κ2) is 5.52. The van der Waals surface area contributed by atoms with Gasteiger partial charge in [0.1, 0.15) is 23.5 Å². The second-order valence-corrected chi connectivity index (χ2v) is 5.80. The summed E-state index contributed by atoms with van der Waals surface area (Å²) in [5.41, 5.74) is 9.46. The van der Waals surface area contributed by atoms with Gasteiger partial charge in [-0.3, -0.25) is 0 Å². The second-order valence-electron chi connectivity index (χ2n) is 5.37. The fourth-order valence-corrected chi connectivity index (χ4v) is 2.88. The highest BCUT2D eigenvalue weighted by Gasteiger charge is 2.14. The third kappa shape index (κ3) is 2.49. The number of furan rings is 1. The topological polar surface area (TPSA) is 48.4 Å². The van der Waals surface area contributed by atoms with Crippen LogP contribution in [0.4, 0.5) is 5.69 Å². The molecular weight excluding hydrogens is 310 g/mol. The molecule has 4 heteroatoms. The number of nitrogens with two attached hydrogens (primary N) is 1. The van der Waals surface area contributed by atoms with E-state index in [1.54, 1.807) is 6.07 Å². The summed E-state index contributed by atoms with van der Waals surface area (Å²) in [5.74, 6) is 0.643. The molecule has 0 saturated carbocycles. The van der Waals surface area contributed by atoms with Crippen molar-refractivity contribution in [2.45, 2.75) is 6.61 Å².